The average Bonchev–Trinajstić information content (AvgIpc) is 2.20. The number of halogens is 1. The molecule has 1 aromatic carbocycles. The number of hydrogen-bond acceptors (Lipinski definition) is 3. The summed E-state index contributed by atoms with van der Waals surface area (Å²) in [5.74, 6) is 0.598. The zero-order valence-electron chi connectivity index (χ0n) is 9.16. The summed E-state index contributed by atoms with van der Waals surface area (Å²) in [5, 5.41) is 0. The highest BCUT2D eigenvalue weighted by Crippen LogP contribution is 2.28. The van der Waals surface area contributed by atoms with Crippen LogP contribution in [0.1, 0.15) is 13.3 Å². The highest BCUT2D eigenvalue weighted by atomic mass is 79.9. The van der Waals surface area contributed by atoms with E-state index in [2.05, 4.69) is 20.7 Å². The Labute approximate surface area is 104 Å². The molecule has 6 heteroatoms. The highest BCUT2D eigenvalue weighted by Gasteiger charge is 2.12. The third-order valence-electron chi connectivity index (χ3n) is 1.90. The second-order valence-corrected chi connectivity index (χ2v) is 6.02. The van der Waals surface area contributed by atoms with Crippen molar-refractivity contribution in [3.05, 3.63) is 22.7 Å². The molecule has 1 N–H and O–H groups in total. The molecule has 0 heterocycles. The molecule has 0 spiro atoms. The lowest BCUT2D eigenvalue weighted by atomic mass is 10.3. The van der Waals surface area contributed by atoms with Crippen LogP contribution in [0.5, 0.6) is 5.75 Å². The van der Waals surface area contributed by atoms with Crippen molar-refractivity contribution >= 4 is 31.6 Å². The highest BCUT2D eigenvalue weighted by molar-refractivity contribution is 9.10. The van der Waals surface area contributed by atoms with Crippen LogP contribution in [0.2, 0.25) is 0 Å². The molecule has 0 bridgehead atoms. The fraction of sp³-hybridized carbons (Fsp3) is 0.400. The van der Waals surface area contributed by atoms with E-state index in [1.807, 2.05) is 6.92 Å². The summed E-state index contributed by atoms with van der Waals surface area (Å²) >= 11 is 3.29. The molecule has 4 nitrogen and oxygen atoms in total. The van der Waals surface area contributed by atoms with E-state index in [9.17, 15) is 8.42 Å². The van der Waals surface area contributed by atoms with Gasteiger partial charge in [0.15, 0.2) is 0 Å². The van der Waals surface area contributed by atoms with Crippen LogP contribution in [0.25, 0.3) is 0 Å². The number of rotatable bonds is 5. The first-order chi connectivity index (χ1) is 7.48. The maximum atomic E-state index is 11.6. The lowest BCUT2D eigenvalue weighted by molar-refractivity contribution is 0.416. The van der Waals surface area contributed by atoms with Crippen LogP contribution in [0.15, 0.2) is 22.7 Å². The van der Waals surface area contributed by atoms with Crippen molar-refractivity contribution in [3.8, 4) is 5.75 Å². The smallest absolute Gasteiger partial charge is 0.232 e. The first-order valence-electron chi connectivity index (χ1n) is 4.82. The lowest BCUT2D eigenvalue weighted by Crippen LogP contribution is -2.16. The van der Waals surface area contributed by atoms with Crippen molar-refractivity contribution in [1.29, 1.82) is 0 Å². The SMILES string of the molecule is CCCS(=O)(=O)Nc1ccc(Br)cc1OC. The molecule has 0 aliphatic heterocycles. The molecule has 0 radical (unpaired) electrons. The normalized spacial score (nSPS) is 11.2. The number of ether oxygens (including phenoxy) is 1. The summed E-state index contributed by atoms with van der Waals surface area (Å²) in [4.78, 5) is 0. The Morgan fingerprint density at radius 2 is 2.12 bits per heavy atom. The number of anilines is 1. The largest absolute Gasteiger partial charge is 0.495 e. The molecular weight excluding hydrogens is 294 g/mol. The summed E-state index contributed by atoms with van der Waals surface area (Å²) in [7, 11) is -1.78. The van der Waals surface area contributed by atoms with Gasteiger partial charge in [0, 0.05) is 4.47 Å². The molecule has 0 saturated heterocycles. The van der Waals surface area contributed by atoms with E-state index in [-0.39, 0.29) is 5.75 Å². The third-order valence-corrected chi connectivity index (χ3v) is 3.87. The second-order valence-electron chi connectivity index (χ2n) is 3.27. The molecule has 16 heavy (non-hydrogen) atoms. The number of benzene rings is 1. The fourth-order valence-electron chi connectivity index (χ4n) is 1.24. The monoisotopic (exact) mass is 307 g/mol. The average molecular weight is 308 g/mol. The van der Waals surface area contributed by atoms with E-state index >= 15 is 0 Å². The Balaban J connectivity index is 2.97. The minimum absolute atomic E-state index is 0.103. The fourth-order valence-corrected chi connectivity index (χ4v) is 2.72. The van der Waals surface area contributed by atoms with Gasteiger partial charge >= 0.3 is 0 Å². The van der Waals surface area contributed by atoms with Crippen LogP contribution in [-0.2, 0) is 10.0 Å². The summed E-state index contributed by atoms with van der Waals surface area (Å²) < 4.78 is 31.6. The van der Waals surface area contributed by atoms with Crippen LogP contribution in [-0.4, -0.2) is 21.3 Å². The van der Waals surface area contributed by atoms with Gasteiger partial charge in [-0.2, -0.15) is 0 Å². The molecule has 0 aliphatic rings. The van der Waals surface area contributed by atoms with E-state index in [0.29, 0.717) is 17.9 Å². The quantitative estimate of drug-likeness (QED) is 0.909. The minimum atomic E-state index is -3.28. The Morgan fingerprint density at radius 3 is 2.69 bits per heavy atom. The van der Waals surface area contributed by atoms with Gasteiger partial charge < -0.3 is 4.74 Å². The van der Waals surface area contributed by atoms with Gasteiger partial charge in [0.1, 0.15) is 5.75 Å². The predicted molar refractivity (Wildman–Crippen MR) is 68.4 cm³/mol. The maximum absolute atomic E-state index is 11.6. The van der Waals surface area contributed by atoms with Crippen molar-refractivity contribution < 1.29 is 13.2 Å². The molecule has 1 aromatic rings. The topological polar surface area (TPSA) is 55.4 Å². The van der Waals surface area contributed by atoms with Gasteiger partial charge in [0.05, 0.1) is 18.6 Å². The zero-order valence-corrected chi connectivity index (χ0v) is 11.6. The van der Waals surface area contributed by atoms with E-state index in [1.54, 1.807) is 18.2 Å². The van der Waals surface area contributed by atoms with E-state index < -0.39 is 10.0 Å². The molecule has 0 saturated carbocycles. The van der Waals surface area contributed by atoms with Crippen LogP contribution in [0.4, 0.5) is 5.69 Å². The Bertz CT molecular complexity index is 459. The first kappa shape index (κ1) is 13.3. The molecule has 1 rings (SSSR count). The summed E-state index contributed by atoms with van der Waals surface area (Å²) in [6.07, 6.45) is 0.578. The van der Waals surface area contributed by atoms with E-state index in [0.717, 1.165) is 4.47 Å². The minimum Gasteiger partial charge on any atom is -0.495 e. The summed E-state index contributed by atoms with van der Waals surface area (Å²) in [6, 6.07) is 5.13. The number of sulfonamides is 1. The molecule has 0 unspecified atom stereocenters. The van der Waals surface area contributed by atoms with Crippen LogP contribution < -0.4 is 9.46 Å². The molecule has 0 fully saturated rings. The molecule has 0 amide bonds. The third kappa shape index (κ3) is 3.68. The number of nitrogens with one attached hydrogen (secondary N) is 1. The summed E-state index contributed by atoms with van der Waals surface area (Å²) in [5.41, 5.74) is 0.458. The van der Waals surface area contributed by atoms with Gasteiger partial charge in [-0.25, -0.2) is 8.42 Å². The van der Waals surface area contributed by atoms with Gasteiger partial charge in [0.25, 0.3) is 0 Å². The second kappa shape index (κ2) is 5.54. The Hall–Kier alpha value is -0.750. The lowest BCUT2D eigenvalue weighted by Gasteiger charge is -2.11. The number of methoxy groups -OCH3 is 1. The standard InChI is InChI=1S/C10H14BrNO3S/c1-3-6-16(13,14)12-9-5-4-8(11)7-10(9)15-2/h4-5,7,12H,3,6H2,1-2H3. The Morgan fingerprint density at radius 1 is 1.44 bits per heavy atom. The first-order valence-corrected chi connectivity index (χ1v) is 7.27. The van der Waals surface area contributed by atoms with E-state index in [1.165, 1.54) is 7.11 Å². The molecular formula is C10H14BrNO3S. The van der Waals surface area contributed by atoms with Crippen molar-refractivity contribution in [1.82, 2.24) is 0 Å². The van der Waals surface area contributed by atoms with Crippen molar-refractivity contribution in [2.45, 2.75) is 13.3 Å². The van der Waals surface area contributed by atoms with Crippen molar-refractivity contribution in [3.63, 3.8) is 0 Å². The predicted octanol–water partition coefficient (Wildman–Crippen LogP) is 2.61. The van der Waals surface area contributed by atoms with Crippen LogP contribution >= 0.6 is 15.9 Å². The Kier molecular flexibility index (Phi) is 4.61. The van der Waals surface area contributed by atoms with Gasteiger partial charge in [-0.1, -0.05) is 22.9 Å². The zero-order chi connectivity index (χ0) is 12.2. The van der Waals surface area contributed by atoms with Crippen molar-refractivity contribution in [2.75, 3.05) is 17.6 Å². The summed E-state index contributed by atoms with van der Waals surface area (Å²) in [6.45, 7) is 1.82. The number of hydrogen-bond donors (Lipinski definition) is 1. The van der Waals surface area contributed by atoms with Gasteiger partial charge in [0.2, 0.25) is 10.0 Å². The maximum Gasteiger partial charge on any atom is 0.232 e. The van der Waals surface area contributed by atoms with Crippen LogP contribution in [0.3, 0.4) is 0 Å². The molecule has 0 atom stereocenters. The van der Waals surface area contributed by atoms with Gasteiger partial charge in [-0.05, 0) is 24.6 Å². The molecule has 90 valence electrons. The molecule has 0 aromatic heterocycles. The molecule has 0 aliphatic carbocycles. The van der Waals surface area contributed by atoms with Crippen molar-refractivity contribution in [2.24, 2.45) is 0 Å². The van der Waals surface area contributed by atoms with Gasteiger partial charge in [-0.3, -0.25) is 4.72 Å². The van der Waals surface area contributed by atoms with Gasteiger partial charge in [-0.15, -0.1) is 0 Å². The van der Waals surface area contributed by atoms with Crippen LogP contribution in [0, 0.1) is 0 Å². The van der Waals surface area contributed by atoms with E-state index in [4.69, 9.17) is 4.74 Å².